The maximum Gasteiger partial charge on any atom is 0.344 e. The summed E-state index contributed by atoms with van der Waals surface area (Å²) in [5.41, 5.74) is 1.33. The lowest BCUT2D eigenvalue weighted by atomic mass is 10.0. The molecule has 0 radical (unpaired) electrons. The van der Waals surface area contributed by atoms with E-state index in [-0.39, 0.29) is 6.61 Å². The van der Waals surface area contributed by atoms with Gasteiger partial charge in [-0.05, 0) is 30.7 Å². The van der Waals surface area contributed by atoms with Gasteiger partial charge in [-0.3, -0.25) is 0 Å². The summed E-state index contributed by atoms with van der Waals surface area (Å²) in [5.74, 6) is -0.140. The summed E-state index contributed by atoms with van der Waals surface area (Å²) in [4.78, 5) is 24.3. The Morgan fingerprint density at radius 3 is 2.73 bits per heavy atom. The van der Waals surface area contributed by atoms with Gasteiger partial charge in [-0.15, -0.1) is 0 Å². The first-order valence-corrected chi connectivity index (χ1v) is 8.09. The Morgan fingerprint density at radius 1 is 1.15 bits per heavy atom. The fraction of sp³-hybridized carbons (Fsp3) is 0.150. The van der Waals surface area contributed by atoms with E-state index in [4.69, 9.17) is 13.7 Å². The fourth-order valence-electron chi connectivity index (χ4n) is 3.12. The minimum absolute atomic E-state index is 0.0565. The molecule has 4 aromatic rings. The number of hydrogen-bond donors (Lipinski definition) is 0. The number of carbonyl (C=O) groups is 1. The molecule has 0 atom stereocenters. The van der Waals surface area contributed by atoms with Crippen molar-refractivity contribution in [3.8, 4) is 0 Å². The second kappa shape index (κ2) is 6.15. The highest BCUT2D eigenvalue weighted by Gasteiger charge is 2.20. The third kappa shape index (κ3) is 2.65. The van der Waals surface area contributed by atoms with Crippen LogP contribution in [0.15, 0.2) is 56.2 Å². The van der Waals surface area contributed by atoms with Gasteiger partial charge in [0.15, 0.2) is 0 Å². The number of carbonyl (C=O) groups excluding carboxylic acids is 1. The third-order valence-corrected chi connectivity index (χ3v) is 4.31. The summed E-state index contributed by atoms with van der Waals surface area (Å²) in [6, 6.07) is 12.8. The molecule has 0 spiro atoms. The number of ether oxygens (including phenoxy) is 1. The van der Waals surface area contributed by atoms with Crippen molar-refractivity contribution in [2.24, 2.45) is 0 Å². The molecule has 4 rings (SSSR count). The van der Waals surface area contributed by atoms with E-state index in [1.54, 1.807) is 19.9 Å². The predicted octanol–water partition coefficient (Wildman–Crippen LogP) is 3.91. The van der Waals surface area contributed by atoms with E-state index < -0.39 is 11.6 Å². The van der Waals surface area contributed by atoms with Crippen LogP contribution in [-0.2, 0) is 11.3 Å². The first-order chi connectivity index (χ1) is 12.5. The van der Waals surface area contributed by atoms with Gasteiger partial charge < -0.3 is 13.7 Å². The van der Waals surface area contributed by atoms with Crippen LogP contribution in [0.2, 0.25) is 0 Å². The van der Waals surface area contributed by atoms with Crippen LogP contribution in [0.4, 0.5) is 0 Å². The van der Waals surface area contributed by atoms with Crippen molar-refractivity contribution >= 4 is 27.7 Å². The fourth-order valence-corrected chi connectivity index (χ4v) is 3.12. The molecular weight excluding hydrogens is 334 g/mol. The zero-order valence-electron chi connectivity index (χ0n) is 14.2. The van der Waals surface area contributed by atoms with Gasteiger partial charge in [0.1, 0.15) is 23.5 Å². The molecule has 0 unspecified atom stereocenters. The Kier molecular flexibility index (Phi) is 3.80. The molecule has 26 heavy (non-hydrogen) atoms. The number of fused-ring (bicyclic) bond motifs is 3. The molecule has 0 saturated carbocycles. The molecule has 2 heterocycles. The van der Waals surface area contributed by atoms with Crippen molar-refractivity contribution in [1.29, 1.82) is 0 Å². The molecular formula is C20H15NO5. The summed E-state index contributed by atoms with van der Waals surface area (Å²) in [5, 5.41) is 6.45. The first-order valence-electron chi connectivity index (χ1n) is 8.09. The molecule has 0 fully saturated rings. The predicted molar refractivity (Wildman–Crippen MR) is 95.1 cm³/mol. The van der Waals surface area contributed by atoms with Crippen LogP contribution >= 0.6 is 0 Å². The van der Waals surface area contributed by atoms with E-state index in [1.807, 2.05) is 30.3 Å². The van der Waals surface area contributed by atoms with Crippen LogP contribution < -0.4 is 5.63 Å². The normalized spacial score (nSPS) is 11.2. The van der Waals surface area contributed by atoms with Crippen molar-refractivity contribution in [1.82, 2.24) is 5.16 Å². The largest absolute Gasteiger partial charge is 0.457 e. The maximum absolute atomic E-state index is 12.4. The number of esters is 1. The standard InChI is InChI=1S/C20H15NO5/c1-11-18(12(2)26-21-11)20(23)24-10-14-9-17(22)25-16-8-7-13-5-3-4-6-15(13)19(14)16/h3-9H,10H2,1-2H3. The second-order valence-electron chi connectivity index (χ2n) is 6.03. The lowest BCUT2D eigenvalue weighted by Crippen LogP contribution is -2.09. The molecule has 0 saturated heterocycles. The number of nitrogens with zero attached hydrogens (tertiary/aromatic N) is 1. The third-order valence-electron chi connectivity index (χ3n) is 4.31. The highest BCUT2D eigenvalue weighted by Crippen LogP contribution is 2.28. The summed E-state index contributed by atoms with van der Waals surface area (Å²) in [6.45, 7) is 3.27. The summed E-state index contributed by atoms with van der Waals surface area (Å²) in [6.07, 6.45) is 0. The zero-order valence-corrected chi connectivity index (χ0v) is 14.2. The lowest BCUT2D eigenvalue weighted by molar-refractivity contribution is 0.0471. The minimum Gasteiger partial charge on any atom is -0.457 e. The van der Waals surface area contributed by atoms with Crippen LogP contribution in [0.3, 0.4) is 0 Å². The van der Waals surface area contributed by atoms with Crippen LogP contribution in [0.25, 0.3) is 21.7 Å². The van der Waals surface area contributed by atoms with Crippen LogP contribution in [-0.4, -0.2) is 11.1 Å². The Bertz CT molecular complexity index is 1180. The average Bonchev–Trinajstić information content (AvgIpc) is 2.97. The topological polar surface area (TPSA) is 82.5 Å². The summed E-state index contributed by atoms with van der Waals surface area (Å²) >= 11 is 0. The number of aromatic nitrogens is 1. The quantitative estimate of drug-likeness (QED) is 0.317. The van der Waals surface area contributed by atoms with Crippen molar-refractivity contribution in [2.75, 3.05) is 0 Å². The minimum atomic E-state index is -0.539. The molecule has 130 valence electrons. The van der Waals surface area contributed by atoms with Crippen molar-refractivity contribution in [2.45, 2.75) is 20.5 Å². The van der Waals surface area contributed by atoms with Crippen molar-refractivity contribution < 1.29 is 18.5 Å². The highest BCUT2D eigenvalue weighted by atomic mass is 16.5. The van der Waals surface area contributed by atoms with Crippen LogP contribution in [0.1, 0.15) is 27.4 Å². The monoisotopic (exact) mass is 349 g/mol. The Morgan fingerprint density at radius 2 is 1.96 bits per heavy atom. The van der Waals surface area contributed by atoms with E-state index in [0.717, 1.165) is 16.2 Å². The summed E-state index contributed by atoms with van der Waals surface area (Å²) in [7, 11) is 0. The smallest absolute Gasteiger partial charge is 0.344 e. The molecule has 0 aliphatic heterocycles. The zero-order chi connectivity index (χ0) is 18.3. The van der Waals surface area contributed by atoms with E-state index in [1.165, 1.54) is 6.07 Å². The van der Waals surface area contributed by atoms with Crippen molar-refractivity contribution in [3.05, 3.63) is 75.5 Å². The molecule has 0 bridgehead atoms. The van der Waals surface area contributed by atoms with Gasteiger partial charge in [0, 0.05) is 17.0 Å². The average molecular weight is 349 g/mol. The van der Waals surface area contributed by atoms with Gasteiger partial charge in [0.2, 0.25) is 0 Å². The van der Waals surface area contributed by atoms with E-state index in [0.29, 0.717) is 28.2 Å². The Labute approximate surface area is 148 Å². The molecule has 6 nitrogen and oxygen atoms in total. The summed E-state index contributed by atoms with van der Waals surface area (Å²) < 4.78 is 15.7. The molecule has 0 amide bonds. The van der Waals surface area contributed by atoms with Crippen LogP contribution in [0.5, 0.6) is 0 Å². The van der Waals surface area contributed by atoms with E-state index in [9.17, 15) is 9.59 Å². The van der Waals surface area contributed by atoms with Gasteiger partial charge in [0.05, 0.1) is 5.69 Å². The van der Waals surface area contributed by atoms with Gasteiger partial charge in [0.25, 0.3) is 0 Å². The van der Waals surface area contributed by atoms with E-state index in [2.05, 4.69) is 5.16 Å². The van der Waals surface area contributed by atoms with E-state index >= 15 is 0 Å². The number of rotatable bonds is 3. The van der Waals surface area contributed by atoms with Crippen LogP contribution in [0, 0.1) is 13.8 Å². The molecule has 0 N–H and O–H groups in total. The number of hydrogen-bond acceptors (Lipinski definition) is 6. The van der Waals surface area contributed by atoms with Gasteiger partial charge >= 0.3 is 11.6 Å². The Hall–Kier alpha value is -3.41. The van der Waals surface area contributed by atoms with Gasteiger partial charge in [-0.25, -0.2) is 9.59 Å². The van der Waals surface area contributed by atoms with Gasteiger partial charge in [-0.1, -0.05) is 35.5 Å². The Balaban J connectivity index is 1.78. The molecule has 0 aliphatic rings. The highest BCUT2D eigenvalue weighted by molar-refractivity contribution is 6.07. The number of benzene rings is 2. The first kappa shape index (κ1) is 16.1. The molecule has 6 heteroatoms. The molecule has 2 aromatic carbocycles. The van der Waals surface area contributed by atoms with Crippen molar-refractivity contribution in [3.63, 3.8) is 0 Å². The lowest BCUT2D eigenvalue weighted by Gasteiger charge is -2.09. The van der Waals surface area contributed by atoms with Gasteiger partial charge in [-0.2, -0.15) is 0 Å². The number of aryl methyl sites for hydroxylation is 2. The molecule has 2 aromatic heterocycles. The molecule has 0 aliphatic carbocycles. The second-order valence-corrected chi connectivity index (χ2v) is 6.03. The SMILES string of the molecule is Cc1noc(C)c1C(=O)OCc1cc(=O)oc2ccc3ccccc3c12. The maximum atomic E-state index is 12.4.